The van der Waals surface area contributed by atoms with Crippen LogP contribution >= 0.6 is 23.2 Å². The summed E-state index contributed by atoms with van der Waals surface area (Å²) < 4.78 is 0. The Morgan fingerprint density at radius 1 is 1.09 bits per heavy atom. The van der Waals surface area contributed by atoms with E-state index in [1.54, 1.807) is 30.3 Å². The third-order valence-corrected chi connectivity index (χ3v) is 4.27. The Morgan fingerprint density at radius 2 is 1.73 bits per heavy atom. The topological polar surface area (TPSA) is 66.4 Å². The van der Waals surface area contributed by atoms with Gasteiger partial charge in [0.05, 0.1) is 17.1 Å². The Hall–Kier alpha value is -1.88. The van der Waals surface area contributed by atoms with Crippen LogP contribution in [0.1, 0.15) is 22.3 Å². The first-order valence-corrected chi connectivity index (χ1v) is 7.29. The molecule has 0 aromatic heterocycles. The maximum atomic E-state index is 12.3. The standard InChI is InChI=1S/C16H11Cl2NO3/c17-10-6-7-11(18)14-13(10)16(22,15(21)19-14)8-12(20)9-4-2-1-3-5-9/h1-7,22H,8H2,(H,19,21). The molecule has 3 rings (SSSR count). The quantitative estimate of drug-likeness (QED) is 0.844. The number of nitrogens with one attached hydrogen (secondary N) is 1. The number of hydrogen-bond acceptors (Lipinski definition) is 3. The minimum absolute atomic E-state index is 0.149. The summed E-state index contributed by atoms with van der Waals surface area (Å²) in [5, 5.41) is 13.7. The van der Waals surface area contributed by atoms with Crippen LogP contribution in [-0.4, -0.2) is 16.8 Å². The van der Waals surface area contributed by atoms with Gasteiger partial charge in [0, 0.05) is 16.1 Å². The molecule has 4 nitrogen and oxygen atoms in total. The SMILES string of the molecule is O=C(CC1(O)C(=O)Nc2c(Cl)ccc(Cl)c21)c1ccccc1. The number of ketones is 1. The molecule has 6 heteroatoms. The Bertz CT molecular complexity index is 776. The van der Waals surface area contributed by atoms with Crippen molar-refractivity contribution in [2.75, 3.05) is 5.32 Å². The molecule has 1 unspecified atom stereocenters. The highest BCUT2D eigenvalue weighted by atomic mass is 35.5. The van der Waals surface area contributed by atoms with Crippen molar-refractivity contribution in [3.63, 3.8) is 0 Å². The van der Waals surface area contributed by atoms with Gasteiger partial charge in [-0.15, -0.1) is 0 Å². The number of carbonyl (C=O) groups is 2. The first-order valence-electron chi connectivity index (χ1n) is 6.54. The van der Waals surface area contributed by atoms with Crippen LogP contribution in [0.15, 0.2) is 42.5 Å². The van der Waals surface area contributed by atoms with Gasteiger partial charge >= 0.3 is 0 Å². The number of rotatable bonds is 3. The minimum Gasteiger partial charge on any atom is -0.375 e. The first-order chi connectivity index (χ1) is 10.4. The monoisotopic (exact) mass is 335 g/mol. The van der Waals surface area contributed by atoms with Gasteiger partial charge in [0.2, 0.25) is 0 Å². The summed E-state index contributed by atoms with van der Waals surface area (Å²) >= 11 is 12.1. The van der Waals surface area contributed by atoms with Gasteiger partial charge in [-0.1, -0.05) is 53.5 Å². The molecule has 0 bridgehead atoms. The summed E-state index contributed by atoms with van der Waals surface area (Å²) in [6.45, 7) is 0. The van der Waals surface area contributed by atoms with Gasteiger partial charge in [0.15, 0.2) is 11.4 Å². The van der Waals surface area contributed by atoms with Crippen LogP contribution in [0.5, 0.6) is 0 Å². The van der Waals surface area contributed by atoms with E-state index in [1.807, 2.05) is 0 Å². The largest absolute Gasteiger partial charge is 0.375 e. The second-order valence-electron chi connectivity index (χ2n) is 5.06. The second-order valence-corrected chi connectivity index (χ2v) is 5.87. The molecule has 1 aliphatic heterocycles. The van der Waals surface area contributed by atoms with Crippen molar-refractivity contribution in [2.24, 2.45) is 0 Å². The van der Waals surface area contributed by atoms with Crippen LogP contribution in [0.25, 0.3) is 0 Å². The number of anilines is 1. The van der Waals surface area contributed by atoms with Crippen LogP contribution in [0.3, 0.4) is 0 Å². The average molecular weight is 336 g/mol. The van der Waals surface area contributed by atoms with Crippen molar-refractivity contribution in [3.8, 4) is 0 Å². The van der Waals surface area contributed by atoms with E-state index in [1.165, 1.54) is 12.1 Å². The molecule has 22 heavy (non-hydrogen) atoms. The molecular formula is C16H11Cl2NO3. The molecule has 1 aliphatic rings. The third kappa shape index (κ3) is 2.29. The second kappa shape index (κ2) is 5.39. The van der Waals surface area contributed by atoms with Gasteiger partial charge in [0.1, 0.15) is 0 Å². The smallest absolute Gasteiger partial charge is 0.261 e. The number of hydrogen-bond donors (Lipinski definition) is 2. The number of aliphatic hydroxyl groups is 1. The average Bonchev–Trinajstić information content (AvgIpc) is 2.77. The number of halogens is 2. The van der Waals surface area contributed by atoms with E-state index in [4.69, 9.17) is 23.2 Å². The normalized spacial score (nSPS) is 19.7. The van der Waals surface area contributed by atoms with E-state index in [0.717, 1.165) is 0 Å². The van der Waals surface area contributed by atoms with E-state index in [0.29, 0.717) is 5.56 Å². The number of carbonyl (C=O) groups excluding carboxylic acids is 2. The highest BCUT2D eigenvalue weighted by Gasteiger charge is 2.49. The van der Waals surface area contributed by atoms with Crippen LogP contribution < -0.4 is 5.32 Å². The van der Waals surface area contributed by atoms with Crippen LogP contribution in [0.4, 0.5) is 5.69 Å². The lowest BCUT2D eigenvalue weighted by Gasteiger charge is -2.21. The van der Waals surface area contributed by atoms with Gasteiger partial charge in [-0.25, -0.2) is 0 Å². The number of benzene rings is 2. The van der Waals surface area contributed by atoms with E-state index in [-0.39, 0.29) is 27.1 Å². The number of fused-ring (bicyclic) bond motifs is 1. The summed E-state index contributed by atoms with van der Waals surface area (Å²) in [5.74, 6) is -1.07. The van der Waals surface area contributed by atoms with Gasteiger partial charge in [-0.2, -0.15) is 0 Å². The summed E-state index contributed by atoms with van der Waals surface area (Å²) in [5.41, 5.74) is -1.21. The van der Waals surface area contributed by atoms with Crippen molar-refractivity contribution >= 4 is 40.6 Å². The zero-order valence-electron chi connectivity index (χ0n) is 11.3. The van der Waals surface area contributed by atoms with E-state index >= 15 is 0 Å². The Morgan fingerprint density at radius 3 is 2.41 bits per heavy atom. The molecule has 0 saturated heterocycles. The summed E-state index contributed by atoms with van der Waals surface area (Å²) in [4.78, 5) is 24.5. The van der Waals surface area contributed by atoms with Crippen molar-refractivity contribution < 1.29 is 14.7 Å². The van der Waals surface area contributed by atoms with Crippen molar-refractivity contribution in [1.29, 1.82) is 0 Å². The van der Waals surface area contributed by atoms with Crippen molar-refractivity contribution in [2.45, 2.75) is 12.0 Å². The molecule has 2 aromatic carbocycles. The number of amides is 1. The Balaban J connectivity index is 2.03. The lowest BCUT2D eigenvalue weighted by atomic mass is 9.88. The molecular weight excluding hydrogens is 325 g/mol. The first kappa shape index (κ1) is 15.0. The Labute approximate surface area is 136 Å². The molecule has 2 aromatic rings. The molecule has 112 valence electrons. The molecule has 2 N–H and O–H groups in total. The fourth-order valence-corrected chi connectivity index (χ4v) is 3.05. The Kier molecular flexibility index (Phi) is 3.68. The maximum absolute atomic E-state index is 12.3. The predicted molar refractivity (Wildman–Crippen MR) is 84.4 cm³/mol. The summed E-state index contributed by atoms with van der Waals surface area (Å²) in [6, 6.07) is 11.5. The number of Topliss-reactive ketones (excluding diaryl/α,β-unsaturated/α-hetero) is 1. The van der Waals surface area contributed by atoms with Crippen LogP contribution in [0.2, 0.25) is 10.0 Å². The molecule has 0 aliphatic carbocycles. The lowest BCUT2D eigenvalue weighted by Crippen LogP contribution is -2.36. The fourth-order valence-electron chi connectivity index (χ4n) is 2.54. The van der Waals surface area contributed by atoms with E-state index in [2.05, 4.69) is 5.32 Å². The highest BCUT2D eigenvalue weighted by molar-refractivity contribution is 6.38. The summed E-state index contributed by atoms with van der Waals surface area (Å²) in [6.07, 6.45) is -0.407. The lowest BCUT2D eigenvalue weighted by molar-refractivity contribution is -0.133. The van der Waals surface area contributed by atoms with Crippen LogP contribution in [-0.2, 0) is 10.4 Å². The van der Waals surface area contributed by atoms with Crippen molar-refractivity contribution in [3.05, 3.63) is 63.6 Å². The zero-order valence-corrected chi connectivity index (χ0v) is 12.8. The molecule has 0 spiro atoms. The zero-order chi connectivity index (χ0) is 15.9. The minimum atomic E-state index is -2.02. The molecule has 1 atom stereocenters. The third-order valence-electron chi connectivity index (χ3n) is 3.64. The molecule has 0 radical (unpaired) electrons. The van der Waals surface area contributed by atoms with Gasteiger partial charge in [-0.05, 0) is 12.1 Å². The fraction of sp³-hybridized carbons (Fsp3) is 0.125. The highest BCUT2D eigenvalue weighted by Crippen LogP contribution is 2.46. The molecule has 0 fully saturated rings. The van der Waals surface area contributed by atoms with E-state index < -0.39 is 17.9 Å². The van der Waals surface area contributed by atoms with Crippen LogP contribution in [0, 0.1) is 0 Å². The molecule has 0 saturated carbocycles. The van der Waals surface area contributed by atoms with Gasteiger partial charge < -0.3 is 10.4 Å². The van der Waals surface area contributed by atoms with E-state index in [9.17, 15) is 14.7 Å². The maximum Gasteiger partial charge on any atom is 0.261 e. The summed E-state index contributed by atoms with van der Waals surface area (Å²) in [7, 11) is 0. The van der Waals surface area contributed by atoms with Gasteiger partial charge in [-0.3, -0.25) is 9.59 Å². The molecule has 1 amide bonds. The van der Waals surface area contributed by atoms with Crippen molar-refractivity contribution in [1.82, 2.24) is 0 Å². The predicted octanol–water partition coefficient (Wildman–Crippen LogP) is 3.41. The molecule has 1 heterocycles. The van der Waals surface area contributed by atoms with Gasteiger partial charge in [0.25, 0.3) is 5.91 Å².